The quantitative estimate of drug-likeness (QED) is 0.754. The number of carbonyl (C=O) groups is 2. The summed E-state index contributed by atoms with van der Waals surface area (Å²) >= 11 is 0. The lowest BCUT2D eigenvalue weighted by atomic mass is 9.82. The van der Waals surface area contributed by atoms with Crippen molar-refractivity contribution < 1.29 is 14.3 Å². The molecule has 1 saturated carbocycles. The Balaban J connectivity index is 1.52. The van der Waals surface area contributed by atoms with E-state index in [4.69, 9.17) is 4.74 Å². The number of hydrogen-bond donors (Lipinski definition) is 1. The molecule has 6 heteroatoms. The van der Waals surface area contributed by atoms with Gasteiger partial charge in [-0.1, -0.05) is 30.4 Å². The van der Waals surface area contributed by atoms with Crippen LogP contribution in [0.25, 0.3) is 0 Å². The molecule has 0 radical (unpaired) electrons. The van der Waals surface area contributed by atoms with Gasteiger partial charge in [0.1, 0.15) is 12.4 Å². The van der Waals surface area contributed by atoms with E-state index in [0.29, 0.717) is 38.7 Å². The number of nitrogens with one attached hydrogen (secondary N) is 1. The first-order valence-electron chi connectivity index (χ1n) is 11.7. The van der Waals surface area contributed by atoms with E-state index in [-0.39, 0.29) is 29.7 Å². The largest absolute Gasteiger partial charge is 0.489 e. The third kappa shape index (κ3) is 5.88. The minimum Gasteiger partial charge on any atom is -0.489 e. The van der Waals surface area contributed by atoms with Gasteiger partial charge in [-0.2, -0.15) is 0 Å². The summed E-state index contributed by atoms with van der Waals surface area (Å²) in [6, 6.07) is 8.71. The topological polar surface area (TPSA) is 61.9 Å². The fraction of sp³-hybridized carbons (Fsp3) is 0.600. The maximum atomic E-state index is 13.2. The first-order valence-corrected chi connectivity index (χ1v) is 11.7. The molecule has 6 nitrogen and oxygen atoms in total. The van der Waals surface area contributed by atoms with Gasteiger partial charge in [0.25, 0.3) is 0 Å². The van der Waals surface area contributed by atoms with Crippen LogP contribution in [0.15, 0.2) is 36.4 Å². The molecule has 2 fully saturated rings. The van der Waals surface area contributed by atoms with Gasteiger partial charge >= 0.3 is 0 Å². The van der Waals surface area contributed by atoms with Crippen molar-refractivity contribution in [2.75, 3.05) is 26.2 Å². The van der Waals surface area contributed by atoms with Gasteiger partial charge in [-0.3, -0.25) is 14.5 Å². The molecule has 1 saturated heterocycles. The Morgan fingerprint density at radius 3 is 2.77 bits per heavy atom. The summed E-state index contributed by atoms with van der Waals surface area (Å²) in [6.07, 6.45) is 7.83. The Labute approximate surface area is 185 Å². The zero-order valence-corrected chi connectivity index (χ0v) is 18.8. The summed E-state index contributed by atoms with van der Waals surface area (Å²) in [5.74, 6) is 1.63. The number of rotatable bonds is 4. The average molecular weight is 426 g/mol. The molecule has 1 aliphatic carbocycles. The Bertz CT molecular complexity index is 818. The molecular weight excluding hydrogens is 390 g/mol. The number of amides is 2. The van der Waals surface area contributed by atoms with Gasteiger partial charge in [0.2, 0.25) is 11.8 Å². The molecule has 2 bridgehead atoms. The predicted molar refractivity (Wildman–Crippen MR) is 121 cm³/mol. The lowest BCUT2D eigenvalue weighted by Gasteiger charge is -2.38. The van der Waals surface area contributed by atoms with Gasteiger partial charge in [0.15, 0.2) is 0 Å². The van der Waals surface area contributed by atoms with E-state index in [1.807, 2.05) is 23.1 Å². The lowest BCUT2D eigenvalue weighted by Crippen LogP contribution is -2.48. The number of carbonyl (C=O) groups excluding carboxylic acids is 2. The molecule has 4 rings (SSSR count). The fourth-order valence-electron chi connectivity index (χ4n) is 4.54. The Morgan fingerprint density at radius 2 is 2.00 bits per heavy atom. The SMILES string of the molecule is CC(C)N1CC(=O)N2CC[C@@H](CC(=O)NC3CC3)[C@@H](/C=C\COc3ccccc3C1)C2. The van der Waals surface area contributed by atoms with Crippen LogP contribution in [0.4, 0.5) is 0 Å². The summed E-state index contributed by atoms with van der Waals surface area (Å²) < 4.78 is 6.08. The molecule has 1 aromatic carbocycles. The highest BCUT2D eigenvalue weighted by Crippen LogP contribution is 2.30. The average Bonchev–Trinajstić information content (AvgIpc) is 3.55. The van der Waals surface area contributed by atoms with Crippen LogP contribution < -0.4 is 10.1 Å². The molecule has 0 unspecified atom stereocenters. The van der Waals surface area contributed by atoms with Gasteiger partial charge in [-0.15, -0.1) is 0 Å². The van der Waals surface area contributed by atoms with Crippen molar-refractivity contribution in [1.82, 2.24) is 15.1 Å². The van der Waals surface area contributed by atoms with Crippen molar-refractivity contribution in [3.63, 3.8) is 0 Å². The van der Waals surface area contributed by atoms with Crippen molar-refractivity contribution in [3.8, 4) is 5.75 Å². The van der Waals surface area contributed by atoms with Crippen LogP contribution in [0.5, 0.6) is 5.75 Å². The summed E-state index contributed by atoms with van der Waals surface area (Å²) in [7, 11) is 0. The molecule has 168 valence electrons. The highest BCUT2D eigenvalue weighted by atomic mass is 16.5. The molecule has 0 aromatic heterocycles. The van der Waals surface area contributed by atoms with Gasteiger partial charge in [-0.05, 0) is 51.0 Å². The molecule has 1 N–H and O–H groups in total. The number of nitrogens with zero attached hydrogens (tertiary/aromatic N) is 2. The van der Waals surface area contributed by atoms with Gasteiger partial charge in [0, 0.05) is 43.7 Å². The van der Waals surface area contributed by atoms with Crippen LogP contribution in [-0.2, 0) is 16.1 Å². The van der Waals surface area contributed by atoms with Crippen LogP contribution in [-0.4, -0.2) is 59.9 Å². The van der Waals surface area contributed by atoms with E-state index in [2.05, 4.69) is 42.3 Å². The number of fused-ring (bicyclic) bond motifs is 3. The molecule has 1 aromatic rings. The predicted octanol–water partition coefficient (Wildman–Crippen LogP) is 2.98. The molecule has 2 heterocycles. The highest BCUT2D eigenvalue weighted by molar-refractivity contribution is 5.79. The summed E-state index contributed by atoms with van der Waals surface area (Å²) in [5, 5.41) is 3.11. The number of para-hydroxylation sites is 1. The van der Waals surface area contributed by atoms with Crippen molar-refractivity contribution in [2.45, 2.75) is 58.2 Å². The Kier molecular flexibility index (Phi) is 6.96. The molecule has 2 atom stereocenters. The second kappa shape index (κ2) is 9.86. The fourth-order valence-corrected chi connectivity index (χ4v) is 4.54. The first kappa shape index (κ1) is 21.9. The number of ether oxygens (including phenoxy) is 1. The monoisotopic (exact) mass is 425 g/mol. The van der Waals surface area contributed by atoms with E-state index in [9.17, 15) is 9.59 Å². The second-order valence-electron chi connectivity index (χ2n) is 9.44. The molecular formula is C25H35N3O3. The van der Waals surface area contributed by atoms with Crippen molar-refractivity contribution >= 4 is 11.8 Å². The van der Waals surface area contributed by atoms with Crippen molar-refractivity contribution in [3.05, 3.63) is 42.0 Å². The lowest BCUT2D eigenvalue weighted by molar-refractivity contribution is -0.135. The van der Waals surface area contributed by atoms with E-state index in [1.165, 1.54) is 0 Å². The van der Waals surface area contributed by atoms with E-state index >= 15 is 0 Å². The maximum absolute atomic E-state index is 13.2. The smallest absolute Gasteiger partial charge is 0.236 e. The van der Waals surface area contributed by atoms with E-state index in [0.717, 1.165) is 37.1 Å². The molecule has 2 amide bonds. The van der Waals surface area contributed by atoms with Gasteiger partial charge < -0.3 is 15.0 Å². The summed E-state index contributed by atoms with van der Waals surface area (Å²) in [5.41, 5.74) is 1.10. The molecule has 2 aliphatic heterocycles. The zero-order valence-electron chi connectivity index (χ0n) is 18.8. The zero-order chi connectivity index (χ0) is 21.8. The van der Waals surface area contributed by atoms with Crippen molar-refractivity contribution in [1.29, 1.82) is 0 Å². The van der Waals surface area contributed by atoms with Crippen LogP contribution in [0.3, 0.4) is 0 Å². The van der Waals surface area contributed by atoms with Crippen LogP contribution in [0.1, 0.15) is 45.1 Å². The molecule has 0 spiro atoms. The summed E-state index contributed by atoms with van der Waals surface area (Å²) in [4.78, 5) is 29.8. The van der Waals surface area contributed by atoms with E-state index < -0.39 is 0 Å². The van der Waals surface area contributed by atoms with Gasteiger partial charge in [-0.25, -0.2) is 0 Å². The molecule has 3 aliphatic rings. The Morgan fingerprint density at radius 1 is 1.19 bits per heavy atom. The maximum Gasteiger partial charge on any atom is 0.236 e. The summed E-state index contributed by atoms with van der Waals surface area (Å²) in [6.45, 7) is 7.23. The highest BCUT2D eigenvalue weighted by Gasteiger charge is 2.33. The third-order valence-corrected chi connectivity index (χ3v) is 6.68. The number of piperidine rings is 1. The van der Waals surface area contributed by atoms with Crippen LogP contribution in [0, 0.1) is 11.8 Å². The second-order valence-corrected chi connectivity index (χ2v) is 9.44. The Hall–Kier alpha value is -2.34. The standard InChI is InChI=1S/C25H35N3O3/c1-18(2)28-16-21-6-3-4-8-23(21)31-13-5-7-20-15-27(25(30)17-28)12-11-19(20)14-24(29)26-22-9-10-22/h3-8,18-20,22H,9-17H2,1-2H3,(H,26,29)/b7-5-/t19-,20-/m0/s1. The van der Waals surface area contributed by atoms with Gasteiger partial charge in [0.05, 0.1) is 6.54 Å². The third-order valence-electron chi connectivity index (χ3n) is 6.68. The van der Waals surface area contributed by atoms with Crippen molar-refractivity contribution in [2.24, 2.45) is 11.8 Å². The normalized spacial score (nSPS) is 26.2. The number of hydrogen-bond acceptors (Lipinski definition) is 4. The minimum absolute atomic E-state index is 0.153. The first-order chi connectivity index (χ1) is 15.0. The van der Waals surface area contributed by atoms with Crippen LogP contribution >= 0.6 is 0 Å². The minimum atomic E-state index is 0.153. The van der Waals surface area contributed by atoms with Crippen LogP contribution in [0.2, 0.25) is 0 Å². The number of benzene rings is 1. The molecule has 31 heavy (non-hydrogen) atoms. The van der Waals surface area contributed by atoms with E-state index in [1.54, 1.807) is 0 Å².